The number of hydrogen-bond donors (Lipinski definition) is 0. The molecule has 0 radical (unpaired) electrons. The fourth-order valence-electron chi connectivity index (χ4n) is 2.87. The van der Waals surface area contributed by atoms with Crippen molar-refractivity contribution in [2.45, 2.75) is 19.4 Å². The summed E-state index contributed by atoms with van der Waals surface area (Å²) in [7, 11) is 1.87. The van der Waals surface area contributed by atoms with Gasteiger partial charge < -0.3 is 4.57 Å². The van der Waals surface area contributed by atoms with Crippen LogP contribution in [0.4, 0.5) is 13.2 Å². The highest BCUT2D eigenvalue weighted by Gasteiger charge is 2.29. The molecule has 7 heteroatoms. The second kappa shape index (κ2) is 7.25. The van der Waals surface area contributed by atoms with E-state index in [0.717, 1.165) is 27.7 Å². The second-order valence-electron chi connectivity index (χ2n) is 6.14. The summed E-state index contributed by atoms with van der Waals surface area (Å²) >= 11 is 3.48. The Kier molecular flexibility index (Phi) is 5.20. The zero-order valence-corrected chi connectivity index (χ0v) is 15.5. The molecule has 26 heavy (non-hydrogen) atoms. The maximum Gasteiger partial charge on any atom is 0.416 e. The number of benzene rings is 2. The van der Waals surface area contributed by atoms with E-state index in [-0.39, 0.29) is 5.43 Å². The number of pyridine rings is 1. The number of fused-ring (bicyclic) bond motifs is 1. The predicted molar refractivity (Wildman–Crippen MR) is 98.8 cm³/mol. The van der Waals surface area contributed by atoms with Crippen LogP contribution in [0.5, 0.6) is 0 Å². The zero-order chi connectivity index (χ0) is 18.9. The maximum absolute atomic E-state index is 12.6. The molecule has 0 spiro atoms. The third kappa shape index (κ3) is 3.99. The van der Waals surface area contributed by atoms with E-state index in [2.05, 4.69) is 15.9 Å². The molecule has 0 saturated carbocycles. The highest BCUT2D eigenvalue weighted by molar-refractivity contribution is 9.10. The largest absolute Gasteiger partial charge is 0.416 e. The minimum absolute atomic E-state index is 0.0528. The van der Waals surface area contributed by atoms with Crippen LogP contribution in [0.2, 0.25) is 0 Å². The first-order valence-corrected chi connectivity index (χ1v) is 8.67. The summed E-state index contributed by atoms with van der Waals surface area (Å²) < 4.78 is 40.7. The van der Waals surface area contributed by atoms with Crippen LogP contribution in [0.25, 0.3) is 10.9 Å². The van der Waals surface area contributed by atoms with Gasteiger partial charge in [0.15, 0.2) is 5.43 Å². The van der Waals surface area contributed by atoms with Crippen LogP contribution in [-0.2, 0) is 19.4 Å². The molecular formula is C19H16BrF3N2O. The van der Waals surface area contributed by atoms with Crippen molar-refractivity contribution < 1.29 is 13.2 Å². The van der Waals surface area contributed by atoms with Crippen LogP contribution >= 0.6 is 15.9 Å². The number of para-hydroxylation sites is 1. The normalized spacial score (nSPS) is 12.1. The summed E-state index contributed by atoms with van der Waals surface area (Å²) in [5.41, 5.74) is 0.867. The molecule has 0 aliphatic carbocycles. The van der Waals surface area contributed by atoms with Crippen molar-refractivity contribution in [2.24, 2.45) is 0 Å². The quantitative estimate of drug-likeness (QED) is 0.596. The lowest BCUT2D eigenvalue weighted by atomic mass is 10.1. The average molecular weight is 425 g/mol. The van der Waals surface area contributed by atoms with Crippen LogP contribution < -0.4 is 5.43 Å². The van der Waals surface area contributed by atoms with E-state index in [9.17, 15) is 18.0 Å². The molecule has 0 saturated heterocycles. The highest BCUT2D eigenvalue weighted by Crippen LogP contribution is 2.29. The molecule has 0 aliphatic rings. The lowest BCUT2D eigenvalue weighted by molar-refractivity contribution is -0.137. The van der Waals surface area contributed by atoms with Crippen molar-refractivity contribution in [3.63, 3.8) is 0 Å². The lowest BCUT2D eigenvalue weighted by Gasteiger charge is -2.21. The van der Waals surface area contributed by atoms with Crippen molar-refractivity contribution in [1.29, 1.82) is 0 Å². The van der Waals surface area contributed by atoms with Gasteiger partial charge in [0.25, 0.3) is 0 Å². The van der Waals surface area contributed by atoms with Gasteiger partial charge in [-0.15, -0.1) is 0 Å². The van der Waals surface area contributed by atoms with Gasteiger partial charge in [0.1, 0.15) is 0 Å². The highest BCUT2D eigenvalue weighted by atomic mass is 79.9. The van der Waals surface area contributed by atoms with Gasteiger partial charge in [-0.1, -0.05) is 18.2 Å². The third-order valence-corrected chi connectivity index (χ3v) is 4.71. The molecule has 3 aromatic rings. The lowest BCUT2D eigenvalue weighted by Crippen LogP contribution is -2.23. The SMILES string of the molecule is CN(Cc1ccc(C(F)(F)F)cc1)Cn1ccc(=O)c2cccc(Br)c21. The molecule has 0 atom stereocenters. The van der Waals surface area contributed by atoms with Crippen LogP contribution in [0.1, 0.15) is 11.1 Å². The first kappa shape index (κ1) is 18.7. The van der Waals surface area contributed by atoms with Crippen LogP contribution in [0.15, 0.2) is 64.0 Å². The van der Waals surface area contributed by atoms with E-state index in [1.165, 1.54) is 18.2 Å². The van der Waals surface area contributed by atoms with Gasteiger partial charge in [0.05, 0.1) is 17.7 Å². The number of nitrogens with zero attached hydrogens (tertiary/aromatic N) is 2. The van der Waals surface area contributed by atoms with Gasteiger partial charge in [0.2, 0.25) is 0 Å². The van der Waals surface area contributed by atoms with Crippen molar-refractivity contribution in [2.75, 3.05) is 7.05 Å². The molecule has 0 bridgehead atoms. The molecule has 0 aliphatic heterocycles. The molecule has 0 N–H and O–H groups in total. The van der Waals surface area contributed by atoms with E-state index in [1.54, 1.807) is 12.3 Å². The van der Waals surface area contributed by atoms with E-state index in [0.29, 0.717) is 18.6 Å². The Morgan fingerprint density at radius 2 is 1.77 bits per heavy atom. The molecule has 3 rings (SSSR count). The van der Waals surface area contributed by atoms with Crippen molar-refractivity contribution in [3.8, 4) is 0 Å². The molecular weight excluding hydrogens is 409 g/mol. The second-order valence-corrected chi connectivity index (χ2v) is 6.99. The molecule has 1 aromatic heterocycles. The molecule has 3 nitrogen and oxygen atoms in total. The average Bonchev–Trinajstić information content (AvgIpc) is 2.57. The summed E-state index contributed by atoms with van der Waals surface area (Å²) in [6, 6.07) is 12.1. The first-order valence-electron chi connectivity index (χ1n) is 7.88. The van der Waals surface area contributed by atoms with E-state index >= 15 is 0 Å². The Labute approximate surface area is 156 Å². The standard InChI is InChI=1S/C19H16BrF3N2O/c1-24(11-13-5-7-14(8-6-13)19(21,22)23)12-25-10-9-17(26)15-3-2-4-16(20)18(15)25/h2-10H,11-12H2,1H3. The fraction of sp³-hybridized carbons (Fsp3) is 0.211. The molecule has 136 valence electrons. The van der Waals surface area contributed by atoms with Crippen LogP contribution in [0.3, 0.4) is 0 Å². The number of rotatable bonds is 4. The summed E-state index contributed by atoms with van der Waals surface area (Å²) in [4.78, 5) is 14.0. The zero-order valence-electron chi connectivity index (χ0n) is 13.9. The number of halogens is 4. The Balaban J connectivity index is 1.81. The van der Waals surface area contributed by atoms with Gasteiger partial charge in [-0.3, -0.25) is 9.69 Å². The summed E-state index contributed by atoms with van der Waals surface area (Å²) in [5, 5.41) is 0.616. The third-order valence-electron chi connectivity index (χ3n) is 4.07. The molecule has 0 fully saturated rings. The van der Waals surface area contributed by atoms with Gasteiger partial charge in [-0.25, -0.2) is 0 Å². The summed E-state index contributed by atoms with van der Waals surface area (Å²) in [6.07, 6.45) is -2.61. The Bertz CT molecular complexity index is 981. The van der Waals surface area contributed by atoms with Gasteiger partial charge >= 0.3 is 6.18 Å². The summed E-state index contributed by atoms with van der Waals surface area (Å²) in [6.45, 7) is 0.969. The number of aromatic nitrogens is 1. The smallest absolute Gasteiger partial charge is 0.333 e. The number of alkyl halides is 3. The van der Waals surface area contributed by atoms with Crippen molar-refractivity contribution in [1.82, 2.24) is 9.47 Å². The Morgan fingerprint density at radius 1 is 1.08 bits per heavy atom. The fourth-order valence-corrected chi connectivity index (χ4v) is 3.46. The van der Waals surface area contributed by atoms with E-state index in [4.69, 9.17) is 0 Å². The van der Waals surface area contributed by atoms with Gasteiger partial charge in [-0.2, -0.15) is 13.2 Å². The minimum Gasteiger partial charge on any atom is -0.333 e. The van der Waals surface area contributed by atoms with E-state index < -0.39 is 11.7 Å². The maximum atomic E-state index is 12.6. The minimum atomic E-state index is -4.33. The van der Waals surface area contributed by atoms with Crippen LogP contribution in [-0.4, -0.2) is 16.5 Å². The monoisotopic (exact) mass is 424 g/mol. The van der Waals surface area contributed by atoms with Crippen LogP contribution in [0, 0.1) is 0 Å². The Morgan fingerprint density at radius 3 is 2.42 bits per heavy atom. The topological polar surface area (TPSA) is 25.2 Å². The summed E-state index contributed by atoms with van der Waals surface area (Å²) in [5.74, 6) is 0. The number of hydrogen-bond acceptors (Lipinski definition) is 2. The van der Waals surface area contributed by atoms with Crippen molar-refractivity contribution in [3.05, 3.63) is 80.6 Å². The Hall–Kier alpha value is -2.12. The first-order chi connectivity index (χ1) is 12.3. The molecule has 2 aromatic carbocycles. The molecule has 0 unspecified atom stereocenters. The van der Waals surface area contributed by atoms with Crippen molar-refractivity contribution >= 4 is 26.8 Å². The van der Waals surface area contributed by atoms with Gasteiger partial charge in [0, 0.05) is 28.7 Å². The van der Waals surface area contributed by atoms with E-state index in [1.807, 2.05) is 28.6 Å². The predicted octanol–water partition coefficient (Wildman–Crippen LogP) is 4.87. The molecule has 0 amide bonds. The molecule has 1 heterocycles. The van der Waals surface area contributed by atoms with Gasteiger partial charge in [-0.05, 0) is 52.8 Å².